The molecule has 25 heavy (non-hydrogen) atoms. The molecule has 2 aromatic rings. The van der Waals surface area contributed by atoms with E-state index in [-0.39, 0.29) is 11.9 Å². The minimum atomic E-state index is -0.394. The third kappa shape index (κ3) is 4.97. The summed E-state index contributed by atoms with van der Waals surface area (Å²) in [5.74, 6) is 0.865. The predicted molar refractivity (Wildman–Crippen MR) is 95.1 cm³/mol. The van der Waals surface area contributed by atoms with Gasteiger partial charge in [0.2, 0.25) is 0 Å². The Morgan fingerprint density at radius 2 is 1.84 bits per heavy atom. The molecular formula is C19H21FN2O3. The summed E-state index contributed by atoms with van der Waals surface area (Å²) in [6, 6.07) is 11.1. The summed E-state index contributed by atoms with van der Waals surface area (Å²) in [6.07, 6.45) is 2.89. The Balaban J connectivity index is 1.95. The largest absolute Gasteiger partial charge is 0.493 e. The second-order valence-electron chi connectivity index (χ2n) is 5.31. The number of amides is 2. The van der Waals surface area contributed by atoms with Crippen molar-refractivity contribution in [2.75, 3.05) is 14.2 Å². The molecule has 1 unspecified atom stereocenters. The number of halogens is 1. The van der Waals surface area contributed by atoms with Crippen molar-refractivity contribution < 1.29 is 18.7 Å². The van der Waals surface area contributed by atoms with Crippen LogP contribution in [0.5, 0.6) is 11.5 Å². The molecule has 0 aromatic heterocycles. The van der Waals surface area contributed by atoms with E-state index in [1.807, 2.05) is 13.0 Å². The maximum atomic E-state index is 13.5. The molecule has 6 heteroatoms. The number of methoxy groups -OCH3 is 2. The fourth-order valence-corrected chi connectivity index (χ4v) is 2.26. The van der Waals surface area contributed by atoms with Crippen molar-refractivity contribution in [1.29, 1.82) is 0 Å². The minimum absolute atomic E-state index is 0.248. The smallest absolute Gasteiger partial charge is 0.319 e. The lowest BCUT2D eigenvalue weighted by atomic mass is 10.1. The third-order valence-corrected chi connectivity index (χ3v) is 3.64. The van der Waals surface area contributed by atoms with Crippen molar-refractivity contribution in [3.63, 3.8) is 0 Å². The molecule has 0 fully saturated rings. The zero-order valence-corrected chi connectivity index (χ0v) is 14.4. The number of urea groups is 1. The summed E-state index contributed by atoms with van der Waals surface area (Å²) in [4.78, 5) is 12.0. The number of rotatable bonds is 6. The normalized spacial score (nSPS) is 11.8. The average molecular weight is 344 g/mol. The predicted octanol–water partition coefficient (Wildman–Crippen LogP) is 3.87. The van der Waals surface area contributed by atoms with Crippen molar-refractivity contribution >= 4 is 12.1 Å². The summed E-state index contributed by atoms with van der Waals surface area (Å²) >= 11 is 0. The molecule has 2 amide bonds. The number of carbonyl (C=O) groups excluding carboxylic acids is 1. The SMILES string of the molecule is COc1ccc(C(C)NC(=O)N/C=C/c2ccccc2F)cc1OC. The lowest BCUT2D eigenvalue weighted by Gasteiger charge is -2.16. The van der Waals surface area contributed by atoms with E-state index in [1.165, 1.54) is 18.3 Å². The Morgan fingerprint density at radius 1 is 1.12 bits per heavy atom. The molecule has 0 aliphatic carbocycles. The summed E-state index contributed by atoms with van der Waals surface area (Å²) in [5, 5.41) is 5.35. The van der Waals surface area contributed by atoms with E-state index in [9.17, 15) is 9.18 Å². The third-order valence-electron chi connectivity index (χ3n) is 3.64. The fourth-order valence-electron chi connectivity index (χ4n) is 2.26. The number of nitrogens with one attached hydrogen (secondary N) is 2. The summed E-state index contributed by atoms with van der Waals surface area (Å²) in [6.45, 7) is 1.85. The van der Waals surface area contributed by atoms with Crippen LogP contribution in [0.1, 0.15) is 24.1 Å². The van der Waals surface area contributed by atoms with Gasteiger partial charge in [0.05, 0.1) is 20.3 Å². The van der Waals surface area contributed by atoms with E-state index in [2.05, 4.69) is 10.6 Å². The topological polar surface area (TPSA) is 59.6 Å². The van der Waals surface area contributed by atoms with Crippen molar-refractivity contribution in [2.24, 2.45) is 0 Å². The van der Waals surface area contributed by atoms with Crippen LogP contribution in [0.2, 0.25) is 0 Å². The van der Waals surface area contributed by atoms with Crippen LogP contribution >= 0.6 is 0 Å². The van der Waals surface area contributed by atoms with Crippen LogP contribution in [0.4, 0.5) is 9.18 Å². The molecule has 132 valence electrons. The zero-order chi connectivity index (χ0) is 18.2. The Morgan fingerprint density at radius 3 is 2.52 bits per heavy atom. The van der Waals surface area contributed by atoms with Gasteiger partial charge < -0.3 is 20.1 Å². The summed E-state index contributed by atoms with van der Waals surface area (Å²) in [7, 11) is 3.12. The van der Waals surface area contributed by atoms with Gasteiger partial charge in [-0.15, -0.1) is 0 Å². The average Bonchev–Trinajstić information content (AvgIpc) is 2.62. The second-order valence-corrected chi connectivity index (χ2v) is 5.31. The molecule has 2 rings (SSSR count). The van der Waals surface area contributed by atoms with Gasteiger partial charge in [-0.2, -0.15) is 0 Å². The molecule has 0 saturated carbocycles. The lowest BCUT2D eigenvalue weighted by Crippen LogP contribution is -2.34. The highest BCUT2D eigenvalue weighted by Crippen LogP contribution is 2.29. The highest BCUT2D eigenvalue weighted by atomic mass is 19.1. The standard InChI is InChI=1S/C19H21FN2O3/c1-13(15-8-9-17(24-2)18(12-15)25-3)22-19(23)21-11-10-14-6-4-5-7-16(14)20/h4-13H,1-3H3,(H2,21,22,23)/b11-10+. The monoisotopic (exact) mass is 344 g/mol. The van der Waals surface area contributed by atoms with Crippen LogP contribution in [0.15, 0.2) is 48.7 Å². The van der Waals surface area contributed by atoms with E-state index in [0.717, 1.165) is 5.56 Å². The highest BCUT2D eigenvalue weighted by Gasteiger charge is 2.12. The molecule has 0 bridgehead atoms. The van der Waals surface area contributed by atoms with Crippen LogP contribution in [0, 0.1) is 5.82 Å². The first-order valence-corrected chi connectivity index (χ1v) is 7.75. The van der Waals surface area contributed by atoms with Gasteiger partial charge in [0, 0.05) is 11.8 Å². The van der Waals surface area contributed by atoms with Gasteiger partial charge >= 0.3 is 6.03 Å². The van der Waals surface area contributed by atoms with Crippen LogP contribution in [-0.2, 0) is 0 Å². The number of benzene rings is 2. The van der Waals surface area contributed by atoms with Crippen molar-refractivity contribution in [1.82, 2.24) is 10.6 Å². The van der Waals surface area contributed by atoms with E-state index < -0.39 is 6.03 Å². The van der Waals surface area contributed by atoms with E-state index in [0.29, 0.717) is 17.1 Å². The van der Waals surface area contributed by atoms with Crippen molar-refractivity contribution in [3.8, 4) is 11.5 Å². The lowest BCUT2D eigenvalue weighted by molar-refractivity contribution is 0.241. The molecule has 0 aliphatic rings. The molecule has 0 heterocycles. The van der Waals surface area contributed by atoms with Gasteiger partial charge in [0.15, 0.2) is 11.5 Å². The fraction of sp³-hybridized carbons (Fsp3) is 0.211. The number of hydrogen-bond donors (Lipinski definition) is 2. The minimum Gasteiger partial charge on any atom is -0.493 e. The molecule has 0 aliphatic heterocycles. The molecule has 2 N–H and O–H groups in total. The summed E-state index contributed by atoms with van der Waals surface area (Å²) < 4.78 is 23.9. The van der Waals surface area contributed by atoms with E-state index in [1.54, 1.807) is 44.6 Å². The molecule has 1 atom stereocenters. The van der Waals surface area contributed by atoms with Gasteiger partial charge in [0.25, 0.3) is 0 Å². The first-order valence-electron chi connectivity index (χ1n) is 7.75. The number of hydrogen-bond acceptors (Lipinski definition) is 3. The number of carbonyl (C=O) groups is 1. The second kappa shape index (κ2) is 8.73. The van der Waals surface area contributed by atoms with Crippen LogP contribution in [0.3, 0.4) is 0 Å². The molecule has 2 aromatic carbocycles. The Kier molecular flexibility index (Phi) is 6.39. The highest BCUT2D eigenvalue weighted by molar-refractivity contribution is 5.76. The van der Waals surface area contributed by atoms with Gasteiger partial charge in [-0.3, -0.25) is 0 Å². The summed E-state index contributed by atoms with van der Waals surface area (Å²) in [5.41, 5.74) is 1.27. The van der Waals surface area contributed by atoms with E-state index >= 15 is 0 Å². The maximum Gasteiger partial charge on any atom is 0.319 e. The Hall–Kier alpha value is -3.02. The quantitative estimate of drug-likeness (QED) is 0.836. The van der Waals surface area contributed by atoms with Crippen molar-refractivity contribution in [3.05, 3.63) is 65.6 Å². The van der Waals surface area contributed by atoms with Gasteiger partial charge in [-0.05, 0) is 36.8 Å². The molecule has 0 spiro atoms. The van der Waals surface area contributed by atoms with Gasteiger partial charge in [-0.1, -0.05) is 24.3 Å². The first-order chi connectivity index (χ1) is 12.0. The van der Waals surface area contributed by atoms with Gasteiger partial charge in [-0.25, -0.2) is 9.18 Å². The van der Waals surface area contributed by atoms with Crippen LogP contribution in [0.25, 0.3) is 6.08 Å². The van der Waals surface area contributed by atoms with Crippen molar-refractivity contribution in [2.45, 2.75) is 13.0 Å². The Bertz CT molecular complexity index is 762. The first kappa shape index (κ1) is 18.3. The van der Waals surface area contributed by atoms with Crippen LogP contribution in [-0.4, -0.2) is 20.3 Å². The molecule has 0 saturated heterocycles. The van der Waals surface area contributed by atoms with Crippen LogP contribution < -0.4 is 20.1 Å². The number of ether oxygens (including phenoxy) is 2. The van der Waals surface area contributed by atoms with Gasteiger partial charge in [0.1, 0.15) is 5.82 Å². The maximum absolute atomic E-state index is 13.5. The molecular weight excluding hydrogens is 323 g/mol. The zero-order valence-electron chi connectivity index (χ0n) is 14.4. The molecule has 5 nitrogen and oxygen atoms in total. The Labute approximate surface area is 146 Å². The van der Waals surface area contributed by atoms with E-state index in [4.69, 9.17) is 9.47 Å². The molecule has 0 radical (unpaired) electrons.